The summed E-state index contributed by atoms with van der Waals surface area (Å²) >= 11 is 2.01. The highest BCUT2D eigenvalue weighted by Crippen LogP contribution is 2.29. The van der Waals surface area contributed by atoms with Crippen molar-refractivity contribution >= 4 is 47.6 Å². The minimum Gasteiger partial charge on any atom is -0.484 e. The number of halogens is 1. The second kappa shape index (κ2) is 12.4. The predicted molar refractivity (Wildman–Crippen MR) is 129 cm³/mol. The number of hydrogen-bond donors (Lipinski definition) is 2. The van der Waals surface area contributed by atoms with E-state index in [4.69, 9.17) is 9.73 Å². The number of aliphatic imine (C=N–C) groups is 1. The quantitative estimate of drug-likeness (QED) is 0.329. The molecule has 0 aromatic heterocycles. The molecular weight excluding hydrogens is 487 g/mol. The first kappa shape index (κ1) is 24.9. The largest absolute Gasteiger partial charge is 0.484 e. The van der Waals surface area contributed by atoms with E-state index in [2.05, 4.69) is 36.3 Å². The highest BCUT2D eigenvalue weighted by atomic mass is 127. The molecule has 1 aromatic carbocycles. The number of guanidine groups is 1. The van der Waals surface area contributed by atoms with Crippen LogP contribution in [0.1, 0.15) is 33.3 Å². The lowest BCUT2D eigenvalue weighted by atomic mass is 10.2. The van der Waals surface area contributed by atoms with E-state index in [1.165, 1.54) is 0 Å². The van der Waals surface area contributed by atoms with Crippen LogP contribution in [0, 0.1) is 0 Å². The van der Waals surface area contributed by atoms with Gasteiger partial charge in [0.05, 0.1) is 6.54 Å². The maximum atomic E-state index is 11.5. The van der Waals surface area contributed by atoms with Crippen LogP contribution in [0.25, 0.3) is 0 Å². The minimum atomic E-state index is -0.110. The normalized spacial score (nSPS) is 16.1. The highest BCUT2D eigenvalue weighted by molar-refractivity contribution is 14.0. The van der Waals surface area contributed by atoms with Gasteiger partial charge in [0.25, 0.3) is 5.91 Å². The second-order valence-electron chi connectivity index (χ2n) is 7.09. The fraction of sp³-hybridized carbons (Fsp3) is 0.600. The smallest absolute Gasteiger partial charge is 0.257 e. The van der Waals surface area contributed by atoms with Crippen molar-refractivity contribution < 1.29 is 9.53 Å². The van der Waals surface area contributed by atoms with Crippen LogP contribution in [0.4, 0.5) is 0 Å². The SMILES string of the molecule is CCNC(=O)COc1cccc(CN=C(NCC)N2CCSC(C)(C)C2)c1.I. The number of nitrogens with one attached hydrogen (secondary N) is 2. The van der Waals surface area contributed by atoms with E-state index in [-0.39, 0.29) is 41.2 Å². The van der Waals surface area contributed by atoms with Crippen molar-refractivity contribution in [3.8, 4) is 5.75 Å². The Hall–Kier alpha value is -1.16. The molecule has 1 amide bonds. The number of amides is 1. The van der Waals surface area contributed by atoms with Crippen LogP contribution in [0.5, 0.6) is 5.75 Å². The van der Waals surface area contributed by atoms with Gasteiger partial charge in [-0.25, -0.2) is 4.99 Å². The van der Waals surface area contributed by atoms with E-state index in [1.807, 2.05) is 43.0 Å². The molecule has 8 heteroatoms. The van der Waals surface area contributed by atoms with E-state index >= 15 is 0 Å². The van der Waals surface area contributed by atoms with Gasteiger partial charge < -0.3 is 20.3 Å². The van der Waals surface area contributed by atoms with Crippen molar-refractivity contribution in [2.24, 2.45) is 4.99 Å². The Labute approximate surface area is 190 Å². The Kier molecular flexibility index (Phi) is 11.0. The topological polar surface area (TPSA) is 66.0 Å². The monoisotopic (exact) mass is 520 g/mol. The maximum Gasteiger partial charge on any atom is 0.257 e. The molecule has 1 aliphatic heterocycles. The zero-order chi connectivity index (χ0) is 19.7. The molecule has 0 aliphatic carbocycles. The summed E-state index contributed by atoms with van der Waals surface area (Å²) in [6.45, 7) is 12.6. The van der Waals surface area contributed by atoms with Gasteiger partial charge in [-0.15, -0.1) is 24.0 Å². The Morgan fingerprint density at radius 2 is 2.04 bits per heavy atom. The zero-order valence-electron chi connectivity index (χ0n) is 17.3. The molecular formula is C20H33IN4O2S. The molecule has 28 heavy (non-hydrogen) atoms. The van der Waals surface area contributed by atoms with Gasteiger partial charge in [0.1, 0.15) is 5.75 Å². The molecule has 0 spiro atoms. The average Bonchev–Trinajstić information content (AvgIpc) is 2.63. The summed E-state index contributed by atoms with van der Waals surface area (Å²) in [5.74, 6) is 2.65. The number of hydrogen-bond acceptors (Lipinski definition) is 4. The predicted octanol–water partition coefficient (Wildman–Crippen LogP) is 3.11. The number of carbonyl (C=O) groups excluding carboxylic acids is 1. The number of ether oxygens (including phenoxy) is 1. The van der Waals surface area contributed by atoms with Gasteiger partial charge in [0.15, 0.2) is 12.6 Å². The van der Waals surface area contributed by atoms with Gasteiger partial charge >= 0.3 is 0 Å². The number of nitrogens with zero attached hydrogens (tertiary/aromatic N) is 2. The molecule has 2 N–H and O–H groups in total. The second-order valence-corrected chi connectivity index (χ2v) is 8.89. The standard InChI is InChI=1S/C20H32N4O2S.HI/c1-5-21-18(25)14-26-17-9-7-8-16(12-17)13-23-19(22-6-2)24-10-11-27-20(3,4)15-24;/h7-9,12H,5-6,10-11,13-15H2,1-4H3,(H,21,25)(H,22,23);1H. The molecule has 1 saturated heterocycles. The number of thioether (sulfide) groups is 1. The molecule has 2 rings (SSSR count). The lowest BCUT2D eigenvalue weighted by Gasteiger charge is -2.39. The number of carbonyl (C=O) groups is 1. The van der Waals surface area contributed by atoms with Gasteiger partial charge in [0, 0.05) is 36.7 Å². The lowest BCUT2D eigenvalue weighted by molar-refractivity contribution is -0.122. The number of likely N-dealkylation sites (N-methyl/N-ethyl adjacent to an activating group) is 1. The van der Waals surface area contributed by atoms with Crippen LogP contribution in [-0.2, 0) is 11.3 Å². The first-order valence-electron chi connectivity index (χ1n) is 9.59. The summed E-state index contributed by atoms with van der Waals surface area (Å²) in [6.07, 6.45) is 0. The molecule has 6 nitrogen and oxygen atoms in total. The first-order valence-corrected chi connectivity index (χ1v) is 10.6. The summed E-state index contributed by atoms with van der Waals surface area (Å²) in [5, 5.41) is 6.14. The van der Waals surface area contributed by atoms with E-state index in [9.17, 15) is 4.79 Å². The summed E-state index contributed by atoms with van der Waals surface area (Å²) in [4.78, 5) is 18.7. The van der Waals surface area contributed by atoms with E-state index in [0.29, 0.717) is 18.8 Å². The molecule has 0 radical (unpaired) electrons. The van der Waals surface area contributed by atoms with Crippen molar-refractivity contribution in [1.82, 2.24) is 15.5 Å². The summed E-state index contributed by atoms with van der Waals surface area (Å²) < 4.78 is 5.81. The maximum absolute atomic E-state index is 11.5. The number of rotatable bonds is 7. The van der Waals surface area contributed by atoms with Crippen molar-refractivity contribution in [3.63, 3.8) is 0 Å². The Morgan fingerprint density at radius 1 is 1.29 bits per heavy atom. The zero-order valence-corrected chi connectivity index (χ0v) is 20.4. The van der Waals surface area contributed by atoms with Crippen LogP contribution < -0.4 is 15.4 Å². The number of benzene rings is 1. The summed E-state index contributed by atoms with van der Waals surface area (Å²) in [7, 11) is 0. The fourth-order valence-corrected chi connectivity index (χ4v) is 4.03. The van der Waals surface area contributed by atoms with Gasteiger partial charge in [-0.2, -0.15) is 11.8 Å². The summed E-state index contributed by atoms with van der Waals surface area (Å²) in [6, 6.07) is 7.78. The fourth-order valence-electron chi connectivity index (χ4n) is 2.92. The first-order chi connectivity index (χ1) is 12.9. The molecule has 158 valence electrons. The van der Waals surface area contributed by atoms with Crippen LogP contribution >= 0.6 is 35.7 Å². The Bertz CT molecular complexity index is 655. The molecule has 0 saturated carbocycles. The average molecular weight is 520 g/mol. The third kappa shape index (κ3) is 8.46. The molecule has 1 fully saturated rings. The van der Waals surface area contributed by atoms with Crippen LogP contribution in [-0.4, -0.2) is 60.1 Å². The van der Waals surface area contributed by atoms with Crippen LogP contribution in [0.3, 0.4) is 0 Å². The van der Waals surface area contributed by atoms with Crippen molar-refractivity contribution in [2.75, 3.05) is 38.5 Å². The van der Waals surface area contributed by atoms with Crippen LogP contribution in [0.15, 0.2) is 29.3 Å². The minimum absolute atomic E-state index is 0. The molecule has 1 aromatic rings. The molecule has 0 unspecified atom stereocenters. The molecule has 0 bridgehead atoms. The Balaban J connectivity index is 0.00000392. The third-order valence-corrected chi connectivity index (χ3v) is 5.41. The van der Waals surface area contributed by atoms with Gasteiger partial charge in [-0.1, -0.05) is 12.1 Å². The lowest BCUT2D eigenvalue weighted by Crippen LogP contribution is -2.50. The molecule has 1 aliphatic rings. The van der Waals surface area contributed by atoms with E-state index < -0.39 is 0 Å². The van der Waals surface area contributed by atoms with Gasteiger partial charge in [0.2, 0.25) is 0 Å². The highest BCUT2D eigenvalue weighted by Gasteiger charge is 2.28. The van der Waals surface area contributed by atoms with E-state index in [1.54, 1.807) is 0 Å². The van der Waals surface area contributed by atoms with Crippen molar-refractivity contribution in [3.05, 3.63) is 29.8 Å². The van der Waals surface area contributed by atoms with Gasteiger partial charge in [-0.05, 0) is 45.4 Å². The van der Waals surface area contributed by atoms with Gasteiger partial charge in [-0.3, -0.25) is 4.79 Å². The molecule has 0 atom stereocenters. The van der Waals surface area contributed by atoms with Crippen molar-refractivity contribution in [2.45, 2.75) is 39.0 Å². The molecule has 1 heterocycles. The third-order valence-electron chi connectivity index (χ3n) is 4.11. The van der Waals surface area contributed by atoms with E-state index in [0.717, 1.165) is 36.9 Å². The Morgan fingerprint density at radius 3 is 2.71 bits per heavy atom. The summed E-state index contributed by atoms with van der Waals surface area (Å²) in [5.41, 5.74) is 1.06. The van der Waals surface area contributed by atoms with Crippen LogP contribution in [0.2, 0.25) is 0 Å². The van der Waals surface area contributed by atoms with Crippen molar-refractivity contribution in [1.29, 1.82) is 0 Å².